The summed E-state index contributed by atoms with van der Waals surface area (Å²) in [6.07, 6.45) is 4.08. The average molecular weight is 753 g/mol. The van der Waals surface area contributed by atoms with Crippen LogP contribution in [0, 0.1) is 6.92 Å². The van der Waals surface area contributed by atoms with Gasteiger partial charge in [-0.15, -0.1) is 0 Å². The quantitative estimate of drug-likeness (QED) is 0.155. The van der Waals surface area contributed by atoms with Crippen LogP contribution in [0.1, 0.15) is 42.4 Å². The number of halogens is 2. The van der Waals surface area contributed by atoms with Crippen LogP contribution < -0.4 is 14.4 Å². The highest BCUT2D eigenvalue weighted by molar-refractivity contribution is 9.10. The molecule has 0 radical (unpaired) electrons. The molecule has 1 saturated carbocycles. The third kappa shape index (κ3) is 8.78. The molecule has 1 atom stereocenters. The number of hydrogen-bond acceptors (Lipinski definition) is 5. The fraction of sp³-hybridized carbons (Fsp3) is 0.297. The molecule has 5 rings (SSSR count). The largest absolute Gasteiger partial charge is 0.496 e. The number of amides is 2. The Morgan fingerprint density at radius 2 is 1.60 bits per heavy atom. The number of nitrogens with one attached hydrogen (secondary N) is 1. The van der Waals surface area contributed by atoms with Gasteiger partial charge in [0, 0.05) is 24.0 Å². The van der Waals surface area contributed by atoms with E-state index >= 15 is 0 Å². The SMILES string of the molecule is COc1ccc(S(=O)(=O)N(CC(=O)N(Cc2ccc(Cl)cc2)C(Cc2ccccc2)C(=O)NC2CCCC2)c2ccc(C)cc2)cc1Br. The molecule has 11 heteroatoms. The lowest BCUT2D eigenvalue weighted by Gasteiger charge is -2.34. The lowest BCUT2D eigenvalue weighted by atomic mass is 10.0. The predicted octanol–water partition coefficient (Wildman–Crippen LogP) is 7.31. The molecule has 4 aromatic carbocycles. The van der Waals surface area contributed by atoms with Gasteiger partial charge in [0.25, 0.3) is 10.0 Å². The Kier molecular flexibility index (Phi) is 11.8. The fourth-order valence-electron chi connectivity index (χ4n) is 5.88. The summed E-state index contributed by atoms with van der Waals surface area (Å²) in [6.45, 7) is 1.44. The molecule has 1 fully saturated rings. The number of aryl methyl sites for hydroxylation is 1. The lowest BCUT2D eigenvalue weighted by molar-refractivity contribution is -0.140. The Labute approximate surface area is 296 Å². The van der Waals surface area contributed by atoms with E-state index in [-0.39, 0.29) is 29.8 Å². The first-order chi connectivity index (χ1) is 23.0. The molecular weight excluding hydrogens is 714 g/mol. The summed E-state index contributed by atoms with van der Waals surface area (Å²) in [5.74, 6) is -0.320. The molecule has 48 heavy (non-hydrogen) atoms. The fourth-order valence-corrected chi connectivity index (χ4v) is 8.14. The van der Waals surface area contributed by atoms with Crippen molar-refractivity contribution in [1.82, 2.24) is 10.2 Å². The summed E-state index contributed by atoms with van der Waals surface area (Å²) in [7, 11) is -2.77. The number of sulfonamides is 1. The monoisotopic (exact) mass is 751 g/mol. The summed E-state index contributed by atoms with van der Waals surface area (Å²) in [5, 5.41) is 3.73. The van der Waals surface area contributed by atoms with Crippen molar-refractivity contribution in [2.45, 2.75) is 62.6 Å². The van der Waals surface area contributed by atoms with Gasteiger partial charge in [-0.05, 0) is 89.3 Å². The lowest BCUT2D eigenvalue weighted by Crippen LogP contribution is -2.54. The number of carbonyl (C=O) groups is 2. The van der Waals surface area contributed by atoms with E-state index in [1.165, 1.54) is 24.1 Å². The average Bonchev–Trinajstić information content (AvgIpc) is 3.60. The first-order valence-corrected chi connectivity index (χ1v) is 18.5. The highest BCUT2D eigenvalue weighted by Gasteiger charge is 2.35. The molecule has 4 aromatic rings. The maximum absolute atomic E-state index is 14.7. The van der Waals surface area contributed by atoms with Crippen LogP contribution in [0.25, 0.3) is 0 Å². The normalized spacial score (nSPS) is 13.9. The van der Waals surface area contributed by atoms with Gasteiger partial charge < -0.3 is 15.0 Å². The third-order valence-corrected chi connectivity index (χ3v) is 11.2. The molecule has 8 nitrogen and oxygen atoms in total. The van der Waals surface area contributed by atoms with Crippen molar-refractivity contribution < 1.29 is 22.7 Å². The number of anilines is 1. The summed E-state index contributed by atoms with van der Waals surface area (Å²) >= 11 is 9.58. The zero-order chi connectivity index (χ0) is 34.3. The van der Waals surface area contributed by atoms with Gasteiger partial charge in [-0.1, -0.05) is 84.6 Å². The number of nitrogens with zero attached hydrogens (tertiary/aromatic N) is 2. The van der Waals surface area contributed by atoms with Crippen LogP contribution >= 0.6 is 27.5 Å². The second-order valence-corrected chi connectivity index (χ2v) is 15.1. The molecule has 1 aliphatic carbocycles. The minimum absolute atomic E-state index is 0.0207. The van der Waals surface area contributed by atoms with Crippen molar-refractivity contribution >= 4 is 55.1 Å². The molecule has 252 valence electrons. The topological polar surface area (TPSA) is 96.0 Å². The van der Waals surface area contributed by atoms with Gasteiger partial charge >= 0.3 is 0 Å². The van der Waals surface area contributed by atoms with Crippen LogP contribution in [-0.4, -0.2) is 50.9 Å². The molecule has 1 aliphatic rings. The van der Waals surface area contributed by atoms with Crippen molar-refractivity contribution in [3.63, 3.8) is 0 Å². The maximum Gasteiger partial charge on any atom is 0.264 e. The zero-order valence-corrected chi connectivity index (χ0v) is 30.1. The third-order valence-electron chi connectivity index (χ3n) is 8.55. The molecule has 0 saturated heterocycles. The Morgan fingerprint density at radius 3 is 2.23 bits per heavy atom. The van der Waals surface area contributed by atoms with Crippen LogP contribution in [0.3, 0.4) is 0 Å². The number of methoxy groups -OCH3 is 1. The van der Waals surface area contributed by atoms with Gasteiger partial charge in [-0.3, -0.25) is 13.9 Å². The number of benzene rings is 4. The van der Waals surface area contributed by atoms with Gasteiger partial charge in [0.15, 0.2) is 0 Å². The van der Waals surface area contributed by atoms with Crippen molar-refractivity contribution in [3.05, 3.63) is 123 Å². The molecule has 1 unspecified atom stereocenters. The van der Waals surface area contributed by atoms with E-state index in [9.17, 15) is 18.0 Å². The van der Waals surface area contributed by atoms with E-state index in [0.717, 1.165) is 46.7 Å². The number of hydrogen-bond donors (Lipinski definition) is 1. The van der Waals surface area contributed by atoms with Crippen LogP contribution in [-0.2, 0) is 32.6 Å². The minimum Gasteiger partial charge on any atom is -0.496 e. The van der Waals surface area contributed by atoms with Gasteiger partial charge in [0.2, 0.25) is 11.8 Å². The number of carbonyl (C=O) groups excluding carboxylic acids is 2. The summed E-state index contributed by atoms with van der Waals surface area (Å²) < 4.78 is 35.6. The van der Waals surface area contributed by atoms with Gasteiger partial charge in [-0.2, -0.15) is 0 Å². The standard InChI is InChI=1S/C37H39BrClN3O5S/c1-26-12-18-31(19-13-26)42(48(45,46)32-20-21-35(47-2)33(38)23-32)25-36(43)41(24-28-14-16-29(39)17-15-28)34(22-27-8-4-3-5-9-27)37(44)40-30-10-6-7-11-30/h3-5,8-9,12-21,23,30,34H,6-7,10-11,22,24-25H2,1-2H3,(H,40,44). The molecule has 0 aromatic heterocycles. The Hall–Kier alpha value is -3.86. The van der Waals surface area contributed by atoms with Crippen LogP contribution in [0.2, 0.25) is 5.02 Å². The Bertz CT molecular complexity index is 1820. The number of rotatable bonds is 13. The van der Waals surface area contributed by atoms with E-state index in [2.05, 4.69) is 21.2 Å². The summed E-state index contributed by atoms with van der Waals surface area (Å²) in [5.41, 5.74) is 2.89. The molecule has 2 amide bonds. The highest BCUT2D eigenvalue weighted by Crippen LogP contribution is 2.31. The van der Waals surface area contributed by atoms with Crippen molar-refractivity contribution in [2.24, 2.45) is 0 Å². The molecule has 0 heterocycles. The van der Waals surface area contributed by atoms with Gasteiger partial charge in [0.1, 0.15) is 18.3 Å². The van der Waals surface area contributed by atoms with Crippen molar-refractivity contribution in [2.75, 3.05) is 18.0 Å². The Morgan fingerprint density at radius 1 is 0.938 bits per heavy atom. The van der Waals surface area contributed by atoms with Gasteiger partial charge in [-0.25, -0.2) is 8.42 Å². The molecule has 0 bridgehead atoms. The molecular formula is C37H39BrClN3O5S. The second kappa shape index (κ2) is 16.0. The zero-order valence-electron chi connectivity index (χ0n) is 26.9. The van der Waals surface area contributed by atoms with E-state index in [0.29, 0.717) is 20.9 Å². The Balaban J connectivity index is 1.57. The van der Waals surface area contributed by atoms with E-state index in [1.807, 2.05) is 37.3 Å². The van der Waals surface area contributed by atoms with Crippen molar-refractivity contribution in [1.29, 1.82) is 0 Å². The van der Waals surface area contributed by atoms with Crippen LogP contribution in [0.5, 0.6) is 5.75 Å². The summed E-state index contributed by atoms with van der Waals surface area (Å²) in [4.78, 5) is 30.3. The van der Waals surface area contributed by atoms with Crippen LogP contribution in [0.4, 0.5) is 5.69 Å². The maximum atomic E-state index is 14.7. The smallest absolute Gasteiger partial charge is 0.264 e. The summed E-state index contributed by atoms with van der Waals surface area (Å²) in [6, 6.07) is 27.1. The van der Waals surface area contributed by atoms with E-state index < -0.39 is 28.5 Å². The van der Waals surface area contributed by atoms with E-state index in [4.69, 9.17) is 16.3 Å². The van der Waals surface area contributed by atoms with Gasteiger partial charge in [0.05, 0.1) is 22.2 Å². The first kappa shape index (κ1) is 35.4. The molecule has 0 spiro atoms. The highest BCUT2D eigenvalue weighted by atomic mass is 79.9. The molecule has 0 aliphatic heterocycles. The van der Waals surface area contributed by atoms with Crippen molar-refractivity contribution in [3.8, 4) is 5.75 Å². The predicted molar refractivity (Wildman–Crippen MR) is 193 cm³/mol. The molecule has 1 N–H and O–H groups in total. The minimum atomic E-state index is -4.26. The second-order valence-electron chi connectivity index (χ2n) is 12.0. The van der Waals surface area contributed by atoms with E-state index in [1.54, 1.807) is 54.6 Å². The number of ether oxygens (including phenoxy) is 1. The van der Waals surface area contributed by atoms with Crippen LogP contribution in [0.15, 0.2) is 106 Å². The first-order valence-electron chi connectivity index (χ1n) is 15.9.